The number of hydrogen-bond donors (Lipinski definition) is 2. The number of aliphatic imine (C=N–C) groups is 1. The second kappa shape index (κ2) is 11.1. The van der Waals surface area contributed by atoms with Gasteiger partial charge in [0.2, 0.25) is 5.91 Å². The van der Waals surface area contributed by atoms with Gasteiger partial charge >= 0.3 is 5.97 Å². The van der Waals surface area contributed by atoms with Crippen LogP contribution in [0.2, 0.25) is 0 Å². The zero-order chi connectivity index (χ0) is 19.6. The van der Waals surface area contributed by atoms with Crippen molar-refractivity contribution in [2.75, 3.05) is 40.4 Å². The molecule has 2 aliphatic rings. The lowest BCUT2D eigenvalue weighted by molar-refractivity contribution is -0.149. The van der Waals surface area contributed by atoms with Crippen molar-refractivity contribution in [3.05, 3.63) is 0 Å². The summed E-state index contributed by atoms with van der Waals surface area (Å²) < 4.78 is 10.8. The Balaban J connectivity index is 1.85. The second-order valence-electron chi connectivity index (χ2n) is 7.41. The van der Waals surface area contributed by atoms with Crippen LogP contribution in [0, 0.1) is 5.92 Å². The van der Waals surface area contributed by atoms with Crippen LogP contribution in [0.1, 0.15) is 45.4 Å². The van der Waals surface area contributed by atoms with Crippen molar-refractivity contribution in [3.63, 3.8) is 0 Å². The van der Waals surface area contributed by atoms with Gasteiger partial charge in [-0.05, 0) is 45.4 Å². The zero-order valence-corrected chi connectivity index (χ0v) is 16.8. The highest BCUT2D eigenvalue weighted by Crippen LogP contribution is 2.25. The van der Waals surface area contributed by atoms with Crippen LogP contribution in [0.15, 0.2) is 4.99 Å². The Kier molecular flexibility index (Phi) is 8.84. The summed E-state index contributed by atoms with van der Waals surface area (Å²) in [6, 6.07) is 0.237. The lowest BCUT2D eigenvalue weighted by Crippen LogP contribution is -2.47. The fourth-order valence-corrected chi connectivity index (χ4v) is 3.38. The number of carbonyl (C=O) groups excluding carboxylic acids is 2. The number of likely N-dealkylation sites (N-methyl/N-ethyl adjacent to an activating group) is 1. The van der Waals surface area contributed by atoms with Gasteiger partial charge in [0.25, 0.3) is 0 Å². The van der Waals surface area contributed by atoms with Gasteiger partial charge in [0, 0.05) is 33.3 Å². The van der Waals surface area contributed by atoms with Crippen molar-refractivity contribution >= 4 is 17.8 Å². The van der Waals surface area contributed by atoms with Gasteiger partial charge in [0.1, 0.15) is 6.54 Å². The molecule has 1 saturated carbocycles. The van der Waals surface area contributed by atoms with Crippen LogP contribution in [0.3, 0.4) is 0 Å². The molecule has 1 amide bonds. The van der Waals surface area contributed by atoms with Crippen molar-refractivity contribution in [1.29, 1.82) is 0 Å². The molecule has 1 atom stereocenters. The summed E-state index contributed by atoms with van der Waals surface area (Å²) in [5, 5.41) is 6.74. The highest BCUT2D eigenvalue weighted by atomic mass is 16.5. The maximum atomic E-state index is 11.9. The SMILES string of the molecule is CCOC(=O)C1CCC(NC(=NCC(=O)N(C)C)NCC2CCCO2)CC1. The summed E-state index contributed by atoms with van der Waals surface area (Å²) in [4.78, 5) is 29.7. The third-order valence-corrected chi connectivity index (χ3v) is 5.08. The van der Waals surface area contributed by atoms with Crippen LogP contribution in [-0.4, -0.2) is 75.3 Å². The van der Waals surface area contributed by atoms with Crippen LogP contribution >= 0.6 is 0 Å². The second-order valence-corrected chi connectivity index (χ2v) is 7.41. The summed E-state index contributed by atoms with van der Waals surface area (Å²) in [6.45, 7) is 3.86. The third kappa shape index (κ3) is 7.36. The van der Waals surface area contributed by atoms with Gasteiger partial charge in [-0.25, -0.2) is 4.99 Å². The normalized spacial score (nSPS) is 25.7. The molecule has 1 unspecified atom stereocenters. The molecule has 0 aromatic heterocycles. The fraction of sp³-hybridized carbons (Fsp3) is 0.842. The number of hydrogen-bond acceptors (Lipinski definition) is 5. The largest absolute Gasteiger partial charge is 0.466 e. The van der Waals surface area contributed by atoms with E-state index in [1.54, 1.807) is 14.1 Å². The Hall–Kier alpha value is -1.83. The molecule has 154 valence electrons. The Morgan fingerprint density at radius 1 is 1.19 bits per heavy atom. The number of rotatable bonds is 7. The minimum absolute atomic E-state index is 0.00134. The molecule has 1 saturated heterocycles. The Labute approximate surface area is 162 Å². The summed E-state index contributed by atoms with van der Waals surface area (Å²) in [7, 11) is 3.45. The van der Waals surface area contributed by atoms with E-state index >= 15 is 0 Å². The number of esters is 1. The highest BCUT2D eigenvalue weighted by molar-refractivity contribution is 5.85. The van der Waals surface area contributed by atoms with Gasteiger partial charge < -0.3 is 25.0 Å². The predicted molar refractivity (Wildman–Crippen MR) is 103 cm³/mol. The molecule has 27 heavy (non-hydrogen) atoms. The first-order valence-electron chi connectivity index (χ1n) is 10.0. The standard InChI is InChI=1S/C19H34N4O4/c1-4-26-18(25)14-7-9-15(10-8-14)22-19(21-13-17(24)23(2)3)20-12-16-6-5-11-27-16/h14-16H,4-13H2,1-3H3,(H2,20,21,22). The summed E-state index contributed by atoms with van der Waals surface area (Å²) in [5.41, 5.74) is 0. The number of ether oxygens (including phenoxy) is 2. The Morgan fingerprint density at radius 2 is 1.93 bits per heavy atom. The van der Waals surface area contributed by atoms with Crippen molar-refractivity contribution < 1.29 is 19.1 Å². The van der Waals surface area contributed by atoms with Crippen LogP contribution in [0.5, 0.6) is 0 Å². The number of carbonyl (C=O) groups is 2. The van der Waals surface area contributed by atoms with E-state index < -0.39 is 0 Å². The first-order valence-corrected chi connectivity index (χ1v) is 10.0. The molecule has 0 radical (unpaired) electrons. The van der Waals surface area contributed by atoms with Crippen LogP contribution in [0.4, 0.5) is 0 Å². The van der Waals surface area contributed by atoms with Crippen molar-refractivity contribution in [2.24, 2.45) is 10.9 Å². The third-order valence-electron chi connectivity index (χ3n) is 5.08. The van der Waals surface area contributed by atoms with Gasteiger partial charge in [-0.3, -0.25) is 9.59 Å². The molecule has 8 heteroatoms. The number of nitrogens with zero attached hydrogens (tertiary/aromatic N) is 2. The highest BCUT2D eigenvalue weighted by Gasteiger charge is 2.28. The lowest BCUT2D eigenvalue weighted by atomic mass is 9.86. The molecular formula is C19H34N4O4. The average Bonchev–Trinajstić information content (AvgIpc) is 3.18. The minimum Gasteiger partial charge on any atom is -0.466 e. The number of guanidine groups is 1. The van der Waals surface area contributed by atoms with E-state index in [1.165, 1.54) is 4.90 Å². The van der Waals surface area contributed by atoms with Crippen LogP contribution in [-0.2, 0) is 19.1 Å². The molecule has 1 aliphatic heterocycles. The van der Waals surface area contributed by atoms with E-state index in [1.807, 2.05) is 6.92 Å². The topological polar surface area (TPSA) is 92.3 Å². The molecule has 2 N–H and O–H groups in total. The van der Waals surface area contributed by atoms with Gasteiger partial charge in [-0.1, -0.05) is 0 Å². The van der Waals surface area contributed by atoms with E-state index in [9.17, 15) is 9.59 Å². The molecule has 0 bridgehead atoms. The monoisotopic (exact) mass is 382 g/mol. The van der Waals surface area contributed by atoms with E-state index in [0.717, 1.165) is 45.1 Å². The maximum absolute atomic E-state index is 11.9. The smallest absolute Gasteiger partial charge is 0.308 e. The van der Waals surface area contributed by atoms with Gasteiger partial charge in [-0.15, -0.1) is 0 Å². The lowest BCUT2D eigenvalue weighted by Gasteiger charge is -2.29. The van der Waals surface area contributed by atoms with Crippen molar-refractivity contribution in [1.82, 2.24) is 15.5 Å². The van der Waals surface area contributed by atoms with E-state index in [0.29, 0.717) is 19.1 Å². The molecule has 0 aromatic carbocycles. The van der Waals surface area contributed by atoms with Gasteiger partial charge in [-0.2, -0.15) is 0 Å². The average molecular weight is 383 g/mol. The molecule has 1 aliphatic carbocycles. The van der Waals surface area contributed by atoms with Gasteiger partial charge in [0.15, 0.2) is 5.96 Å². The maximum Gasteiger partial charge on any atom is 0.308 e. The molecule has 0 spiro atoms. The quantitative estimate of drug-likeness (QED) is 0.386. The number of nitrogens with one attached hydrogen (secondary N) is 2. The first-order chi connectivity index (χ1) is 13.0. The molecular weight excluding hydrogens is 348 g/mol. The Bertz CT molecular complexity index is 510. The van der Waals surface area contributed by atoms with Crippen molar-refractivity contribution in [2.45, 2.75) is 57.6 Å². The van der Waals surface area contributed by atoms with Crippen molar-refractivity contribution in [3.8, 4) is 0 Å². The van der Waals surface area contributed by atoms with E-state index in [-0.39, 0.29) is 36.5 Å². The van der Waals surface area contributed by atoms with Gasteiger partial charge in [0.05, 0.1) is 18.6 Å². The fourth-order valence-electron chi connectivity index (χ4n) is 3.38. The first kappa shape index (κ1) is 21.5. The van der Waals surface area contributed by atoms with Crippen LogP contribution < -0.4 is 10.6 Å². The molecule has 1 heterocycles. The van der Waals surface area contributed by atoms with Crippen LogP contribution in [0.25, 0.3) is 0 Å². The Morgan fingerprint density at radius 3 is 2.52 bits per heavy atom. The van der Waals surface area contributed by atoms with E-state index in [2.05, 4.69) is 15.6 Å². The predicted octanol–water partition coefficient (Wildman–Crippen LogP) is 0.911. The summed E-state index contributed by atoms with van der Waals surface area (Å²) >= 11 is 0. The molecule has 8 nitrogen and oxygen atoms in total. The number of amides is 1. The molecule has 0 aromatic rings. The zero-order valence-electron chi connectivity index (χ0n) is 16.8. The molecule has 2 fully saturated rings. The van der Waals surface area contributed by atoms with E-state index in [4.69, 9.17) is 9.47 Å². The summed E-state index contributed by atoms with van der Waals surface area (Å²) in [6.07, 6.45) is 5.71. The minimum atomic E-state index is -0.0853. The summed E-state index contributed by atoms with van der Waals surface area (Å²) in [5.74, 6) is 0.510. The molecule has 2 rings (SSSR count).